The smallest absolute Gasteiger partial charge is 0.335 e. The number of carbonyl (C=O) groups excluding carboxylic acids is 2. The summed E-state index contributed by atoms with van der Waals surface area (Å²) in [7, 11) is 1.61. The summed E-state index contributed by atoms with van der Waals surface area (Å²) in [6, 6.07) is 11.1. The molecule has 7 nitrogen and oxygen atoms in total. The number of benzene rings is 2. The van der Waals surface area contributed by atoms with E-state index in [1.807, 2.05) is 13.0 Å². The Labute approximate surface area is 176 Å². The average Bonchev–Trinajstić information content (AvgIpc) is 2.68. The molecular weight excluding hydrogens is 414 g/mol. The number of amides is 2. The number of aliphatic imine (C=N–C) groups is 1. The van der Waals surface area contributed by atoms with Gasteiger partial charge in [0, 0.05) is 24.2 Å². The Morgan fingerprint density at radius 2 is 1.93 bits per heavy atom. The Morgan fingerprint density at radius 1 is 1.24 bits per heavy atom. The van der Waals surface area contributed by atoms with E-state index in [1.54, 1.807) is 19.2 Å². The molecule has 1 aliphatic heterocycles. The number of carboxylic acid groups (broad SMARTS) is 1. The molecule has 2 aromatic carbocycles. The van der Waals surface area contributed by atoms with Crippen LogP contribution in [-0.4, -0.2) is 45.3 Å². The van der Waals surface area contributed by atoms with Crippen LogP contribution >= 0.6 is 23.4 Å². The zero-order valence-corrected chi connectivity index (χ0v) is 17.3. The van der Waals surface area contributed by atoms with Gasteiger partial charge in [-0.15, -0.1) is 0 Å². The van der Waals surface area contributed by atoms with E-state index in [0.29, 0.717) is 21.6 Å². The van der Waals surface area contributed by atoms with E-state index in [-0.39, 0.29) is 23.8 Å². The summed E-state index contributed by atoms with van der Waals surface area (Å²) < 4.78 is 0. The van der Waals surface area contributed by atoms with Crippen LogP contribution in [0.4, 0.5) is 11.4 Å². The second-order valence-corrected chi connectivity index (χ2v) is 8.04. The minimum Gasteiger partial charge on any atom is -0.478 e. The average molecular weight is 432 g/mol. The molecule has 0 saturated carbocycles. The van der Waals surface area contributed by atoms with Crippen LogP contribution in [0.1, 0.15) is 22.3 Å². The van der Waals surface area contributed by atoms with Gasteiger partial charge in [0.15, 0.2) is 5.17 Å². The van der Waals surface area contributed by atoms with Crippen LogP contribution in [0.25, 0.3) is 0 Å². The lowest BCUT2D eigenvalue weighted by Crippen LogP contribution is -2.43. The zero-order valence-electron chi connectivity index (χ0n) is 15.7. The maximum atomic E-state index is 12.6. The zero-order chi connectivity index (χ0) is 21.1. The van der Waals surface area contributed by atoms with Crippen molar-refractivity contribution in [2.24, 2.45) is 4.99 Å². The van der Waals surface area contributed by atoms with Gasteiger partial charge in [-0.3, -0.25) is 14.5 Å². The first-order valence-corrected chi connectivity index (χ1v) is 9.92. The van der Waals surface area contributed by atoms with Gasteiger partial charge < -0.3 is 10.4 Å². The summed E-state index contributed by atoms with van der Waals surface area (Å²) in [5.74, 6) is -1.62. The van der Waals surface area contributed by atoms with Crippen LogP contribution in [0.15, 0.2) is 47.5 Å². The Kier molecular flexibility index (Phi) is 6.24. The number of carbonyl (C=O) groups is 3. The fourth-order valence-electron chi connectivity index (χ4n) is 2.58. The molecule has 0 aliphatic carbocycles. The molecule has 29 heavy (non-hydrogen) atoms. The molecule has 1 heterocycles. The third kappa shape index (κ3) is 4.96. The van der Waals surface area contributed by atoms with E-state index in [1.165, 1.54) is 40.9 Å². The van der Waals surface area contributed by atoms with Crippen LogP contribution in [-0.2, 0) is 9.59 Å². The van der Waals surface area contributed by atoms with Crippen molar-refractivity contribution >= 4 is 57.7 Å². The van der Waals surface area contributed by atoms with Crippen LogP contribution < -0.4 is 5.32 Å². The third-order valence-electron chi connectivity index (χ3n) is 4.34. The van der Waals surface area contributed by atoms with E-state index >= 15 is 0 Å². The molecule has 0 spiro atoms. The number of nitrogens with one attached hydrogen (secondary N) is 1. The standard InChI is InChI=1S/C20H18ClN3O4S/c1-11-3-6-14(9-15(11)21)23-20-24(2)17(25)10-16(29-20)18(26)22-13-7-4-12(5-8-13)19(27)28/h3-9,16H,10H2,1-2H3,(H,22,26)(H,27,28). The van der Waals surface area contributed by atoms with Crippen molar-refractivity contribution in [3.63, 3.8) is 0 Å². The molecule has 0 aromatic heterocycles. The number of hydrogen-bond acceptors (Lipinski definition) is 5. The summed E-state index contributed by atoms with van der Waals surface area (Å²) in [4.78, 5) is 41.8. The van der Waals surface area contributed by atoms with Crippen LogP contribution in [0.2, 0.25) is 5.02 Å². The number of halogens is 1. The molecule has 1 atom stereocenters. The van der Waals surface area contributed by atoms with Gasteiger partial charge >= 0.3 is 5.97 Å². The fraction of sp³-hybridized carbons (Fsp3) is 0.200. The first kappa shape index (κ1) is 20.9. The monoisotopic (exact) mass is 431 g/mol. The minimum atomic E-state index is -1.04. The predicted molar refractivity (Wildman–Crippen MR) is 114 cm³/mol. The van der Waals surface area contributed by atoms with E-state index in [0.717, 1.165) is 5.56 Å². The summed E-state index contributed by atoms with van der Waals surface area (Å²) in [5, 5.41) is 12.0. The lowest BCUT2D eigenvalue weighted by molar-refractivity contribution is -0.128. The number of aromatic carboxylic acids is 1. The summed E-state index contributed by atoms with van der Waals surface area (Å²) >= 11 is 7.33. The Bertz CT molecular complexity index is 1010. The van der Waals surface area contributed by atoms with Gasteiger partial charge in [-0.05, 0) is 48.9 Å². The van der Waals surface area contributed by atoms with Gasteiger partial charge in [0.25, 0.3) is 0 Å². The lowest BCUT2D eigenvalue weighted by Gasteiger charge is -2.28. The number of aryl methyl sites for hydroxylation is 1. The van der Waals surface area contributed by atoms with E-state index < -0.39 is 11.2 Å². The molecule has 9 heteroatoms. The second-order valence-electron chi connectivity index (χ2n) is 6.46. The maximum absolute atomic E-state index is 12.6. The Hall–Kier alpha value is -2.84. The number of anilines is 1. The van der Waals surface area contributed by atoms with Crippen molar-refractivity contribution in [1.29, 1.82) is 0 Å². The molecule has 0 bridgehead atoms. The number of amidine groups is 1. The SMILES string of the molecule is Cc1ccc(N=C2SC(C(=O)Nc3ccc(C(=O)O)cc3)CC(=O)N2C)cc1Cl. The summed E-state index contributed by atoms with van der Waals surface area (Å²) in [6.45, 7) is 1.88. The maximum Gasteiger partial charge on any atom is 0.335 e. The first-order valence-electron chi connectivity index (χ1n) is 8.67. The second kappa shape index (κ2) is 8.67. The van der Waals surface area contributed by atoms with Crippen molar-refractivity contribution in [3.8, 4) is 0 Å². The third-order valence-corrected chi connectivity index (χ3v) is 5.99. The van der Waals surface area contributed by atoms with E-state index in [9.17, 15) is 14.4 Å². The molecule has 1 fully saturated rings. The van der Waals surface area contributed by atoms with Crippen molar-refractivity contribution in [2.45, 2.75) is 18.6 Å². The molecule has 1 unspecified atom stereocenters. The van der Waals surface area contributed by atoms with Crippen molar-refractivity contribution in [3.05, 3.63) is 58.6 Å². The number of nitrogens with zero attached hydrogens (tertiary/aromatic N) is 2. The number of hydrogen-bond donors (Lipinski definition) is 2. The molecule has 2 aromatic rings. The minimum absolute atomic E-state index is 0.0356. The van der Waals surface area contributed by atoms with Crippen LogP contribution in [0.3, 0.4) is 0 Å². The normalized spacial score (nSPS) is 18.0. The highest BCUT2D eigenvalue weighted by molar-refractivity contribution is 8.15. The molecule has 0 radical (unpaired) electrons. The highest BCUT2D eigenvalue weighted by atomic mass is 35.5. The first-order chi connectivity index (χ1) is 13.7. The number of thioether (sulfide) groups is 1. The molecular formula is C20H18ClN3O4S. The molecule has 2 amide bonds. The van der Waals surface area contributed by atoms with Gasteiger partial charge in [-0.1, -0.05) is 29.4 Å². The number of rotatable bonds is 4. The van der Waals surface area contributed by atoms with E-state index in [4.69, 9.17) is 16.7 Å². The summed E-state index contributed by atoms with van der Waals surface area (Å²) in [5.41, 5.74) is 2.09. The lowest BCUT2D eigenvalue weighted by atomic mass is 10.2. The van der Waals surface area contributed by atoms with Crippen LogP contribution in [0.5, 0.6) is 0 Å². The highest BCUT2D eigenvalue weighted by Crippen LogP contribution is 2.30. The predicted octanol–water partition coefficient (Wildman–Crippen LogP) is 3.94. The van der Waals surface area contributed by atoms with Crippen LogP contribution in [0, 0.1) is 6.92 Å². The number of carboxylic acids is 1. The van der Waals surface area contributed by atoms with Gasteiger partial charge in [-0.25, -0.2) is 9.79 Å². The van der Waals surface area contributed by atoms with Crippen molar-refractivity contribution < 1.29 is 19.5 Å². The largest absolute Gasteiger partial charge is 0.478 e. The van der Waals surface area contributed by atoms with E-state index in [2.05, 4.69) is 10.3 Å². The van der Waals surface area contributed by atoms with Crippen molar-refractivity contribution in [2.75, 3.05) is 12.4 Å². The van der Waals surface area contributed by atoms with Gasteiger partial charge in [0.1, 0.15) is 5.25 Å². The molecule has 150 valence electrons. The topological polar surface area (TPSA) is 99.1 Å². The molecule has 1 aliphatic rings. The van der Waals surface area contributed by atoms with Gasteiger partial charge in [0.2, 0.25) is 11.8 Å². The molecule has 3 rings (SSSR count). The summed E-state index contributed by atoms with van der Waals surface area (Å²) in [6.07, 6.45) is 0.0356. The van der Waals surface area contributed by atoms with Gasteiger partial charge in [0.05, 0.1) is 11.3 Å². The molecule has 1 saturated heterocycles. The quantitative estimate of drug-likeness (QED) is 0.763. The Balaban J connectivity index is 1.76. The van der Waals surface area contributed by atoms with Crippen molar-refractivity contribution in [1.82, 2.24) is 4.90 Å². The van der Waals surface area contributed by atoms with Gasteiger partial charge in [-0.2, -0.15) is 0 Å². The highest BCUT2D eigenvalue weighted by Gasteiger charge is 2.34. The fourth-order valence-corrected chi connectivity index (χ4v) is 3.82. The Morgan fingerprint density at radius 3 is 2.55 bits per heavy atom. The molecule has 2 N–H and O–H groups in total.